The molecule has 43 heavy (non-hydrogen) atoms. The summed E-state index contributed by atoms with van der Waals surface area (Å²) < 4.78 is 36.6. The summed E-state index contributed by atoms with van der Waals surface area (Å²) in [6, 6.07) is 12.3. The number of para-hydroxylation sites is 1. The van der Waals surface area contributed by atoms with Gasteiger partial charge in [-0.1, -0.05) is 18.2 Å². The van der Waals surface area contributed by atoms with Gasteiger partial charge in [-0.15, -0.1) is 0 Å². The first kappa shape index (κ1) is 28.3. The van der Waals surface area contributed by atoms with E-state index >= 15 is 0 Å². The van der Waals surface area contributed by atoms with Crippen molar-refractivity contribution in [1.29, 1.82) is 0 Å². The second kappa shape index (κ2) is 11.8. The molecular weight excluding hydrogens is 560 g/mol. The summed E-state index contributed by atoms with van der Waals surface area (Å²) in [5.74, 6) is -1.52. The van der Waals surface area contributed by atoms with E-state index in [0.29, 0.717) is 30.2 Å². The monoisotopic (exact) mass is 589 g/mol. The van der Waals surface area contributed by atoms with Crippen LogP contribution in [-0.2, 0) is 16.6 Å². The number of benzene rings is 1. The standard InChI is InChI=1S/C29H29F2N9O3/c1-17-25(19-11-21-28(32-14-19)38(2)16-33-21)37-40(20-7-5-4-6-8-20)27(17)36-29(41)34-22-15-39(9-10-42-3)43-26(22)18-12-23(30)35-24(31)13-18/h4-8,11-14,16,22,26H,9-10,15H2,1-3H3,(H2,34,36,41)/t22-,26+/m1/s1. The summed E-state index contributed by atoms with van der Waals surface area (Å²) in [5, 5.41) is 12.3. The van der Waals surface area contributed by atoms with Gasteiger partial charge in [0.05, 0.1) is 30.4 Å². The second-order valence-electron chi connectivity index (χ2n) is 10.1. The number of urea groups is 1. The van der Waals surface area contributed by atoms with Gasteiger partial charge in [-0.3, -0.25) is 10.2 Å². The third kappa shape index (κ3) is 5.80. The van der Waals surface area contributed by atoms with Crippen LogP contribution in [0.1, 0.15) is 17.2 Å². The molecule has 2 atom stereocenters. The average Bonchev–Trinajstić information content (AvgIpc) is 3.67. The largest absolute Gasteiger partial charge is 0.383 e. The van der Waals surface area contributed by atoms with Gasteiger partial charge in [0.15, 0.2) is 5.65 Å². The van der Waals surface area contributed by atoms with Crippen LogP contribution < -0.4 is 10.6 Å². The number of carbonyl (C=O) groups is 1. The van der Waals surface area contributed by atoms with Crippen molar-refractivity contribution >= 4 is 23.0 Å². The van der Waals surface area contributed by atoms with Crippen LogP contribution in [0.5, 0.6) is 0 Å². The Balaban J connectivity index is 1.31. The van der Waals surface area contributed by atoms with E-state index in [0.717, 1.165) is 34.5 Å². The number of hydrogen-bond acceptors (Lipinski definition) is 8. The van der Waals surface area contributed by atoms with Crippen LogP contribution in [0, 0.1) is 18.8 Å². The molecule has 1 saturated heterocycles. The predicted octanol–water partition coefficient (Wildman–Crippen LogP) is 3.93. The Morgan fingerprint density at radius 1 is 1.14 bits per heavy atom. The Hall–Kier alpha value is -4.79. The molecule has 2 amide bonds. The van der Waals surface area contributed by atoms with Crippen molar-refractivity contribution in [1.82, 2.24) is 39.7 Å². The number of aromatic nitrogens is 6. The normalized spacial score (nSPS) is 17.0. The number of hydroxylamine groups is 2. The number of halogens is 2. The summed E-state index contributed by atoms with van der Waals surface area (Å²) in [7, 11) is 3.43. The number of nitrogens with one attached hydrogen (secondary N) is 2. The molecule has 1 aliphatic heterocycles. The molecule has 5 aromatic rings. The highest BCUT2D eigenvalue weighted by Gasteiger charge is 2.37. The number of imidazole rings is 1. The van der Waals surface area contributed by atoms with Crippen LogP contribution in [0.2, 0.25) is 0 Å². The second-order valence-corrected chi connectivity index (χ2v) is 10.1. The van der Waals surface area contributed by atoms with Crippen molar-refractivity contribution in [2.24, 2.45) is 7.05 Å². The number of hydrogen-bond donors (Lipinski definition) is 2. The lowest BCUT2D eigenvalue weighted by Gasteiger charge is -2.19. The van der Waals surface area contributed by atoms with E-state index in [-0.39, 0.29) is 12.1 Å². The minimum atomic E-state index is -0.981. The van der Waals surface area contributed by atoms with Gasteiger partial charge >= 0.3 is 6.03 Å². The van der Waals surface area contributed by atoms with Gasteiger partial charge in [-0.05, 0) is 42.8 Å². The van der Waals surface area contributed by atoms with Crippen molar-refractivity contribution in [2.45, 2.75) is 19.1 Å². The molecule has 0 saturated carbocycles. The molecule has 4 aromatic heterocycles. The summed E-state index contributed by atoms with van der Waals surface area (Å²) in [6.45, 7) is 2.87. The van der Waals surface area contributed by atoms with Gasteiger partial charge < -0.3 is 14.6 Å². The molecule has 6 rings (SSSR count). The highest BCUT2D eigenvalue weighted by molar-refractivity contribution is 5.91. The van der Waals surface area contributed by atoms with Gasteiger partial charge in [0.25, 0.3) is 0 Å². The molecule has 0 spiro atoms. The lowest BCUT2D eigenvalue weighted by atomic mass is 10.0. The fraction of sp³-hybridized carbons (Fsp3) is 0.276. The van der Waals surface area contributed by atoms with E-state index in [1.807, 2.05) is 54.9 Å². The van der Waals surface area contributed by atoms with Crippen molar-refractivity contribution in [2.75, 3.05) is 32.1 Å². The molecule has 14 heteroatoms. The van der Waals surface area contributed by atoms with Gasteiger partial charge in [-0.2, -0.15) is 23.9 Å². The van der Waals surface area contributed by atoms with E-state index in [2.05, 4.69) is 25.6 Å². The number of ether oxygens (including phenoxy) is 1. The van der Waals surface area contributed by atoms with E-state index in [4.69, 9.17) is 14.7 Å². The number of fused-ring (bicyclic) bond motifs is 1. The zero-order valence-electron chi connectivity index (χ0n) is 23.7. The van der Waals surface area contributed by atoms with Crippen LogP contribution in [0.4, 0.5) is 19.4 Å². The summed E-state index contributed by atoms with van der Waals surface area (Å²) in [6.07, 6.45) is 2.56. The highest BCUT2D eigenvalue weighted by atomic mass is 19.1. The smallest absolute Gasteiger partial charge is 0.320 e. The number of anilines is 1. The third-order valence-corrected chi connectivity index (χ3v) is 7.18. The molecular formula is C29H29F2N9O3. The summed E-state index contributed by atoms with van der Waals surface area (Å²) in [5.41, 5.74) is 4.46. The summed E-state index contributed by atoms with van der Waals surface area (Å²) in [4.78, 5) is 31.6. The number of pyridine rings is 2. The van der Waals surface area contributed by atoms with Crippen LogP contribution in [0.25, 0.3) is 28.1 Å². The first-order valence-electron chi connectivity index (χ1n) is 13.5. The van der Waals surface area contributed by atoms with Crippen LogP contribution in [-0.4, -0.2) is 73.2 Å². The zero-order valence-corrected chi connectivity index (χ0v) is 23.7. The molecule has 0 aliphatic carbocycles. The minimum Gasteiger partial charge on any atom is -0.383 e. The summed E-state index contributed by atoms with van der Waals surface area (Å²) >= 11 is 0. The molecule has 5 heterocycles. The molecule has 0 unspecified atom stereocenters. The quantitative estimate of drug-likeness (QED) is 0.261. The maximum Gasteiger partial charge on any atom is 0.320 e. The molecule has 2 N–H and O–H groups in total. The molecule has 0 bridgehead atoms. The SMILES string of the molecule is COCCN1C[C@@H](NC(=O)Nc2c(C)c(-c3cnc4c(c3)ncn4C)nn2-c2ccccc2)[C@H](c2cc(F)nc(F)c2)O1. The van der Waals surface area contributed by atoms with Gasteiger partial charge in [0, 0.05) is 44.6 Å². The third-order valence-electron chi connectivity index (χ3n) is 7.18. The van der Waals surface area contributed by atoms with Crippen molar-refractivity contribution < 1.29 is 23.1 Å². The fourth-order valence-corrected chi connectivity index (χ4v) is 5.12. The van der Waals surface area contributed by atoms with Crippen LogP contribution in [0.15, 0.2) is 61.1 Å². The van der Waals surface area contributed by atoms with Gasteiger partial charge in [0.2, 0.25) is 11.9 Å². The van der Waals surface area contributed by atoms with Gasteiger partial charge in [-0.25, -0.2) is 19.4 Å². The Bertz CT molecular complexity index is 1760. The fourth-order valence-electron chi connectivity index (χ4n) is 5.12. The molecule has 12 nitrogen and oxygen atoms in total. The van der Waals surface area contributed by atoms with Gasteiger partial charge in [0.1, 0.15) is 17.4 Å². The minimum absolute atomic E-state index is 0.209. The molecule has 1 fully saturated rings. The van der Waals surface area contributed by atoms with Crippen molar-refractivity contribution in [3.05, 3.63) is 84.1 Å². The maximum atomic E-state index is 14.0. The Morgan fingerprint density at radius 3 is 2.65 bits per heavy atom. The van der Waals surface area contributed by atoms with E-state index in [9.17, 15) is 13.6 Å². The Labute approximate surface area is 245 Å². The van der Waals surface area contributed by atoms with E-state index < -0.39 is 30.1 Å². The Morgan fingerprint density at radius 2 is 1.91 bits per heavy atom. The molecule has 222 valence electrons. The van der Waals surface area contributed by atoms with E-state index in [1.54, 1.807) is 29.4 Å². The maximum absolute atomic E-state index is 14.0. The van der Waals surface area contributed by atoms with Crippen molar-refractivity contribution in [3.8, 4) is 16.9 Å². The first-order chi connectivity index (χ1) is 20.8. The number of amides is 2. The Kier molecular flexibility index (Phi) is 7.80. The molecule has 0 radical (unpaired) electrons. The average molecular weight is 590 g/mol. The topological polar surface area (TPSA) is 124 Å². The van der Waals surface area contributed by atoms with Crippen molar-refractivity contribution in [3.63, 3.8) is 0 Å². The highest BCUT2D eigenvalue weighted by Crippen LogP contribution is 2.33. The lowest BCUT2D eigenvalue weighted by molar-refractivity contribution is -0.154. The number of aryl methyl sites for hydroxylation is 1. The van der Waals surface area contributed by atoms with E-state index in [1.165, 1.54) is 0 Å². The number of nitrogens with zero attached hydrogens (tertiary/aromatic N) is 7. The molecule has 1 aliphatic rings. The zero-order chi connectivity index (χ0) is 30.1. The number of rotatable bonds is 8. The van der Waals surface area contributed by atoms with Crippen LogP contribution in [0.3, 0.4) is 0 Å². The first-order valence-corrected chi connectivity index (χ1v) is 13.5. The predicted molar refractivity (Wildman–Crippen MR) is 153 cm³/mol. The number of carbonyl (C=O) groups excluding carboxylic acids is 1. The number of methoxy groups -OCH3 is 1. The molecule has 1 aromatic carbocycles. The van der Waals surface area contributed by atoms with Crippen LogP contribution >= 0.6 is 0 Å². The lowest BCUT2D eigenvalue weighted by Crippen LogP contribution is -2.42.